The Balaban J connectivity index is 1.68. The summed E-state index contributed by atoms with van der Waals surface area (Å²) in [6.07, 6.45) is -0.713. The standard InChI is InChI=1S/C21H29NO5/c1-13(18(24)27-12-14-8-6-5-7-9-14)17(23)16-10-15-11-21(15,20(2,3)4)22(16)19(25)26/h5-9,13,15-17,23H,10-12H2,1-4H3,(H,25,26)/t13-,15+,16+,17-,21+/m1/s1. The van der Waals surface area contributed by atoms with Crippen LogP contribution in [0.5, 0.6) is 0 Å². The molecule has 2 fully saturated rings. The molecule has 1 heterocycles. The van der Waals surface area contributed by atoms with E-state index >= 15 is 0 Å². The third-order valence-electron chi connectivity index (χ3n) is 6.37. The van der Waals surface area contributed by atoms with Crippen LogP contribution in [0.1, 0.15) is 46.1 Å². The van der Waals surface area contributed by atoms with Crippen molar-refractivity contribution < 1.29 is 24.5 Å². The van der Waals surface area contributed by atoms with Gasteiger partial charge in [0.25, 0.3) is 0 Å². The molecule has 148 valence electrons. The molecule has 1 amide bonds. The lowest BCUT2D eigenvalue weighted by Crippen LogP contribution is -2.55. The SMILES string of the molecule is C[C@@H](C(=O)OCc1ccccc1)[C@@H](O)[C@@H]1C[C@H]2C[C@]2(C(C)(C)C)N1C(=O)O. The lowest BCUT2D eigenvalue weighted by molar-refractivity contribution is -0.155. The van der Waals surface area contributed by atoms with Crippen molar-refractivity contribution >= 4 is 12.1 Å². The summed E-state index contributed by atoms with van der Waals surface area (Å²) in [6.45, 7) is 7.85. The van der Waals surface area contributed by atoms with Crippen molar-refractivity contribution in [3.05, 3.63) is 35.9 Å². The van der Waals surface area contributed by atoms with Crippen LogP contribution < -0.4 is 0 Å². The van der Waals surface area contributed by atoms with Crippen LogP contribution >= 0.6 is 0 Å². The van der Waals surface area contributed by atoms with Crippen molar-refractivity contribution in [3.63, 3.8) is 0 Å². The van der Waals surface area contributed by atoms with Gasteiger partial charge in [0.15, 0.2) is 0 Å². The van der Waals surface area contributed by atoms with Crippen molar-refractivity contribution in [2.45, 2.75) is 64.8 Å². The Morgan fingerprint density at radius 2 is 1.93 bits per heavy atom. The maximum absolute atomic E-state index is 12.4. The predicted molar refractivity (Wildman–Crippen MR) is 100.0 cm³/mol. The largest absolute Gasteiger partial charge is 0.465 e. The first-order valence-corrected chi connectivity index (χ1v) is 9.50. The van der Waals surface area contributed by atoms with Crippen molar-refractivity contribution in [3.8, 4) is 0 Å². The molecule has 1 aromatic rings. The zero-order valence-electron chi connectivity index (χ0n) is 16.4. The molecule has 0 spiro atoms. The Bertz CT molecular complexity index is 713. The number of benzene rings is 1. The highest BCUT2D eigenvalue weighted by Crippen LogP contribution is 2.66. The Hall–Kier alpha value is -2.08. The fourth-order valence-corrected chi connectivity index (χ4v) is 4.80. The van der Waals surface area contributed by atoms with Crippen LogP contribution in [0.4, 0.5) is 4.79 Å². The molecule has 2 N–H and O–H groups in total. The Kier molecular flexibility index (Phi) is 4.97. The fraction of sp³-hybridized carbons (Fsp3) is 0.619. The fourth-order valence-electron chi connectivity index (χ4n) is 4.80. The van der Waals surface area contributed by atoms with Gasteiger partial charge >= 0.3 is 12.1 Å². The number of hydrogen-bond donors (Lipinski definition) is 2. The zero-order chi connectivity index (χ0) is 20.0. The van der Waals surface area contributed by atoms with E-state index in [4.69, 9.17) is 4.74 Å². The Labute approximate surface area is 160 Å². The highest BCUT2D eigenvalue weighted by Gasteiger charge is 2.72. The number of nitrogens with zero attached hydrogens (tertiary/aromatic N) is 1. The topological polar surface area (TPSA) is 87.1 Å². The van der Waals surface area contributed by atoms with E-state index in [0.717, 1.165) is 12.0 Å². The van der Waals surface area contributed by atoms with Crippen LogP contribution in [0.2, 0.25) is 0 Å². The number of carboxylic acid groups (broad SMARTS) is 1. The quantitative estimate of drug-likeness (QED) is 0.771. The Morgan fingerprint density at radius 3 is 2.48 bits per heavy atom. The molecule has 5 atom stereocenters. The number of hydrogen-bond acceptors (Lipinski definition) is 4. The van der Waals surface area contributed by atoms with Crippen LogP contribution in [0, 0.1) is 17.3 Å². The highest BCUT2D eigenvalue weighted by atomic mass is 16.5. The van der Waals surface area contributed by atoms with Gasteiger partial charge in [0.05, 0.1) is 23.6 Å². The molecule has 27 heavy (non-hydrogen) atoms. The third kappa shape index (κ3) is 3.31. The second kappa shape index (κ2) is 6.82. The summed E-state index contributed by atoms with van der Waals surface area (Å²) >= 11 is 0. The van der Waals surface area contributed by atoms with Gasteiger partial charge in [-0.1, -0.05) is 51.1 Å². The van der Waals surface area contributed by atoms with E-state index < -0.39 is 35.7 Å². The number of esters is 1. The molecule has 0 aromatic heterocycles. The van der Waals surface area contributed by atoms with E-state index in [0.29, 0.717) is 6.42 Å². The number of carbonyl (C=O) groups is 2. The summed E-state index contributed by atoms with van der Waals surface area (Å²) in [5.41, 5.74) is 0.202. The third-order valence-corrected chi connectivity index (χ3v) is 6.37. The maximum Gasteiger partial charge on any atom is 0.408 e. The summed E-state index contributed by atoms with van der Waals surface area (Å²) in [7, 11) is 0. The molecule has 1 aromatic carbocycles. The minimum Gasteiger partial charge on any atom is -0.465 e. The molecule has 2 aliphatic rings. The van der Waals surface area contributed by atoms with Crippen LogP contribution in [0.3, 0.4) is 0 Å². The average Bonchev–Trinajstić information content (AvgIpc) is 3.24. The summed E-state index contributed by atoms with van der Waals surface area (Å²) < 4.78 is 5.33. The van der Waals surface area contributed by atoms with Crippen molar-refractivity contribution in [2.24, 2.45) is 17.3 Å². The number of aliphatic hydroxyl groups excluding tert-OH is 1. The van der Waals surface area contributed by atoms with Crippen molar-refractivity contribution in [2.75, 3.05) is 0 Å². The van der Waals surface area contributed by atoms with E-state index in [2.05, 4.69) is 0 Å². The first-order valence-electron chi connectivity index (χ1n) is 9.50. The van der Waals surface area contributed by atoms with Crippen LogP contribution in [-0.4, -0.2) is 44.9 Å². The molecule has 1 saturated carbocycles. The molecule has 1 aliphatic carbocycles. The highest BCUT2D eigenvalue weighted by molar-refractivity contribution is 5.74. The number of amides is 1. The molecule has 0 bridgehead atoms. The van der Waals surface area contributed by atoms with Crippen LogP contribution in [0.25, 0.3) is 0 Å². The average molecular weight is 375 g/mol. The van der Waals surface area contributed by atoms with Gasteiger partial charge in [-0.05, 0) is 36.7 Å². The van der Waals surface area contributed by atoms with Gasteiger partial charge in [-0.15, -0.1) is 0 Å². The van der Waals surface area contributed by atoms with E-state index in [-0.39, 0.29) is 17.9 Å². The predicted octanol–water partition coefficient (Wildman–Crippen LogP) is 3.28. The van der Waals surface area contributed by atoms with Gasteiger partial charge in [0.1, 0.15) is 6.61 Å². The van der Waals surface area contributed by atoms with Crippen molar-refractivity contribution in [1.29, 1.82) is 0 Å². The second-order valence-electron chi connectivity index (χ2n) is 8.90. The van der Waals surface area contributed by atoms with Gasteiger partial charge in [0, 0.05) is 0 Å². The smallest absolute Gasteiger partial charge is 0.408 e. The number of carbonyl (C=O) groups excluding carboxylic acids is 1. The molecule has 3 rings (SSSR count). The second-order valence-corrected chi connectivity index (χ2v) is 8.90. The lowest BCUT2D eigenvalue weighted by atomic mass is 9.82. The number of rotatable bonds is 5. The minimum absolute atomic E-state index is 0.137. The summed E-state index contributed by atoms with van der Waals surface area (Å²) in [5, 5.41) is 20.6. The summed E-state index contributed by atoms with van der Waals surface area (Å²) in [5.74, 6) is -1.07. The first kappa shape index (κ1) is 19.7. The van der Waals surface area contributed by atoms with Crippen LogP contribution in [-0.2, 0) is 16.1 Å². The molecule has 0 unspecified atom stereocenters. The molecule has 0 radical (unpaired) electrons. The molecule has 6 nitrogen and oxygen atoms in total. The number of ether oxygens (including phenoxy) is 1. The van der Waals surface area contributed by atoms with Gasteiger partial charge in [-0.3, -0.25) is 9.69 Å². The molecular weight excluding hydrogens is 346 g/mol. The number of fused-ring (bicyclic) bond motifs is 1. The summed E-state index contributed by atoms with van der Waals surface area (Å²) in [6, 6.07) is 8.75. The Morgan fingerprint density at radius 1 is 1.30 bits per heavy atom. The first-order chi connectivity index (χ1) is 12.6. The molecule has 1 aliphatic heterocycles. The van der Waals surface area contributed by atoms with E-state index in [9.17, 15) is 19.8 Å². The number of aliphatic hydroxyl groups is 1. The maximum atomic E-state index is 12.4. The monoisotopic (exact) mass is 375 g/mol. The summed E-state index contributed by atoms with van der Waals surface area (Å²) in [4.78, 5) is 25.8. The normalized spacial score (nSPS) is 29.0. The number of likely N-dealkylation sites (tertiary alicyclic amines) is 1. The van der Waals surface area contributed by atoms with E-state index in [1.807, 2.05) is 51.1 Å². The van der Waals surface area contributed by atoms with Gasteiger partial charge in [-0.25, -0.2) is 4.79 Å². The van der Waals surface area contributed by atoms with E-state index in [1.165, 1.54) is 4.90 Å². The minimum atomic E-state index is -1.09. The molecule has 1 saturated heterocycles. The number of piperidine rings is 1. The van der Waals surface area contributed by atoms with E-state index in [1.54, 1.807) is 6.92 Å². The van der Waals surface area contributed by atoms with Crippen LogP contribution in [0.15, 0.2) is 30.3 Å². The van der Waals surface area contributed by atoms with Gasteiger partial charge in [-0.2, -0.15) is 0 Å². The van der Waals surface area contributed by atoms with Gasteiger partial charge < -0.3 is 14.9 Å². The molecular formula is C21H29NO5. The lowest BCUT2D eigenvalue weighted by Gasteiger charge is -2.42. The van der Waals surface area contributed by atoms with Crippen molar-refractivity contribution in [1.82, 2.24) is 4.90 Å². The molecule has 6 heteroatoms. The van der Waals surface area contributed by atoms with Gasteiger partial charge in [0.2, 0.25) is 0 Å². The zero-order valence-corrected chi connectivity index (χ0v) is 16.4.